The molecule has 0 radical (unpaired) electrons. The number of hydrogen-bond acceptors (Lipinski definition) is 4. The second-order valence-corrected chi connectivity index (χ2v) is 5.74. The van der Waals surface area contributed by atoms with Crippen LogP contribution < -0.4 is 4.74 Å². The second kappa shape index (κ2) is 6.78. The van der Waals surface area contributed by atoms with E-state index in [2.05, 4.69) is 0 Å². The van der Waals surface area contributed by atoms with Crippen molar-refractivity contribution in [3.63, 3.8) is 0 Å². The quantitative estimate of drug-likeness (QED) is 0.465. The normalized spacial score (nSPS) is 11.9. The molecule has 6 heteroatoms. The third-order valence-electron chi connectivity index (χ3n) is 3.90. The van der Waals surface area contributed by atoms with Gasteiger partial charge in [-0.2, -0.15) is 0 Å². The average Bonchev–Trinajstić information content (AvgIpc) is 2.50. The van der Waals surface area contributed by atoms with E-state index in [0.29, 0.717) is 5.56 Å². The van der Waals surface area contributed by atoms with Gasteiger partial charge in [0.05, 0.1) is 4.92 Å². The van der Waals surface area contributed by atoms with E-state index in [4.69, 9.17) is 4.74 Å². The lowest BCUT2D eigenvalue weighted by Crippen LogP contribution is -2.25. The standard InChI is InChI=1S/C18H18FNO4/c1-10-7-12(3)15(8-11(10)2)18(21)13(4)24-17-9-14(19)5-6-16(17)20(22)23/h5-9,13H,1-4H3. The summed E-state index contributed by atoms with van der Waals surface area (Å²) in [6.45, 7) is 7.16. The molecule has 0 saturated heterocycles. The molecule has 1 atom stereocenters. The highest BCUT2D eigenvalue weighted by molar-refractivity contribution is 6.01. The van der Waals surface area contributed by atoms with E-state index in [0.717, 1.165) is 34.9 Å². The van der Waals surface area contributed by atoms with Crippen molar-refractivity contribution in [2.45, 2.75) is 33.8 Å². The maximum absolute atomic E-state index is 13.4. The smallest absolute Gasteiger partial charge is 0.311 e. The van der Waals surface area contributed by atoms with Crippen molar-refractivity contribution in [3.8, 4) is 5.75 Å². The van der Waals surface area contributed by atoms with Crippen LogP contribution in [0.15, 0.2) is 30.3 Å². The third-order valence-corrected chi connectivity index (χ3v) is 3.90. The molecule has 0 fully saturated rings. The Kier molecular flexibility index (Phi) is 4.97. The molecule has 0 N–H and O–H groups in total. The maximum Gasteiger partial charge on any atom is 0.311 e. The predicted octanol–water partition coefficient (Wildman–Crippen LogP) is 4.31. The number of carbonyl (C=O) groups excluding carboxylic acids is 1. The Bertz CT molecular complexity index is 817. The lowest BCUT2D eigenvalue weighted by atomic mass is 9.96. The summed E-state index contributed by atoms with van der Waals surface area (Å²) in [5.74, 6) is -1.24. The van der Waals surface area contributed by atoms with Crippen LogP contribution in [0.5, 0.6) is 5.75 Å². The van der Waals surface area contributed by atoms with E-state index >= 15 is 0 Å². The van der Waals surface area contributed by atoms with Gasteiger partial charge in [0.25, 0.3) is 0 Å². The molecule has 126 valence electrons. The fraction of sp³-hybridized carbons (Fsp3) is 0.278. The Morgan fingerprint density at radius 1 is 1.12 bits per heavy atom. The van der Waals surface area contributed by atoms with Crippen LogP contribution >= 0.6 is 0 Å². The summed E-state index contributed by atoms with van der Waals surface area (Å²) in [7, 11) is 0. The summed E-state index contributed by atoms with van der Waals surface area (Å²) in [4.78, 5) is 22.9. The number of nitrogens with zero attached hydrogens (tertiary/aromatic N) is 1. The predicted molar refractivity (Wildman–Crippen MR) is 88.1 cm³/mol. The van der Waals surface area contributed by atoms with Crippen LogP contribution in [0.25, 0.3) is 0 Å². The summed E-state index contributed by atoms with van der Waals surface area (Å²) in [5.41, 5.74) is 2.94. The molecule has 0 bridgehead atoms. The van der Waals surface area contributed by atoms with Crippen molar-refractivity contribution >= 4 is 11.5 Å². The number of rotatable bonds is 5. The van der Waals surface area contributed by atoms with Crippen LogP contribution in [0, 0.1) is 36.7 Å². The number of aryl methyl sites for hydroxylation is 3. The first-order valence-corrected chi connectivity index (χ1v) is 7.43. The molecule has 0 spiro atoms. The number of halogens is 1. The van der Waals surface area contributed by atoms with Crippen molar-refractivity contribution in [1.82, 2.24) is 0 Å². The zero-order valence-corrected chi connectivity index (χ0v) is 13.9. The number of hydrogen-bond donors (Lipinski definition) is 0. The van der Waals surface area contributed by atoms with E-state index in [1.807, 2.05) is 26.8 Å². The van der Waals surface area contributed by atoms with E-state index in [-0.39, 0.29) is 17.2 Å². The molecule has 0 aliphatic carbocycles. The van der Waals surface area contributed by atoms with E-state index in [9.17, 15) is 19.3 Å². The molecule has 0 aromatic heterocycles. The summed E-state index contributed by atoms with van der Waals surface area (Å²) in [6.07, 6.45) is -0.980. The minimum absolute atomic E-state index is 0.262. The van der Waals surface area contributed by atoms with Crippen LogP contribution in [-0.2, 0) is 0 Å². The van der Waals surface area contributed by atoms with Crippen LogP contribution in [0.1, 0.15) is 34.0 Å². The second-order valence-electron chi connectivity index (χ2n) is 5.74. The number of carbonyl (C=O) groups is 1. The highest BCUT2D eigenvalue weighted by Crippen LogP contribution is 2.29. The minimum Gasteiger partial charge on any atom is -0.475 e. The molecule has 0 aliphatic rings. The lowest BCUT2D eigenvalue weighted by Gasteiger charge is -2.16. The maximum atomic E-state index is 13.4. The first-order valence-electron chi connectivity index (χ1n) is 7.43. The van der Waals surface area contributed by atoms with Crippen molar-refractivity contribution in [2.75, 3.05) is 0 Å². The molecule has 0 heterocycles. The molecule has 0 saturated carbocycles. The Labute approximate surface area is 139 Å². The van der Waals surface area contributed by atoms with Gasteiger partial charge < -0.3 is 4.74 Å². The molecule has 0 amide bonds. The van der Waals surface area contributed by atoms with Crippen LogP contribution in [0.3, 0.4) is 0 Å². The van der Waals surface area contributed by atoms with Crippen LogP contribution in [-0.4, -0.2) is 16.8 Å². The summed E-state index contributed by atoms with van der Waals surface area (Å²) < 4.78 is 18.8. The molecular formula is C18H18FNO4. The lowest BCUT2D eigenvalue weighted by molar-refractivity contribution is -0.386. The van der Waals surface area contributed by atoms with Gasteiger partial charge in [0, 0.05) is 17.7 Å². The van der Waals surface area contributed by atoms with Gasteiger partial charge in [-0.15, -0.1) is 0 Å². The van der Waals surface area contributed by atoms with Gasteiger partial charge in [0.2, 0.25) is 11.5 Å². The third kappa shape index (κ3) is 3.59. The first-order chi connectivity index (χ1) is 11.2. The molecule has 24 heavy (non-hydrogen) atoms. The number of ether oxygens (including phenoxy) is 1. The average molecular weight is 331 g/mol. The molecule has 5 nitrogen and oxygen atoms in total. The van der Waals surface area contributed by atoms with Crippen LogP contribution in [0.2, 0.25) is 0 Å². The fourth-order valence-electron chi connectivity index (χ4n) is 2.42. The SMILES string of the molecule is Cc1cc(C)c(C(=O)C(C)Oc2cc(F)ccc2[N+](=O)[O-])cc1C. The Morgan fingerprint density at radius 3 is 2.38 bits per heavy atom. The number of nitro benzene ring substituents is 1. The van der Waals surface area contributed by atoms with Gasteiger partial charge in [0.1, 0.15) is 5.82 Å². The number of Topliss-reactive ketones (excluding diaryl/α,β-unsaturated/α-hetero) is 1. The van der Waals surface area contributed by atoms with Crippen molar-refractivity contribution in [2.24, 2.45) is 0 Å². The molecule has 2 rings (SSSR count). The Hall–Kier alpha value is -2.76. The van der Waals surface area contributed by atoms with E-state index < -0.39 is 16.8 Å². The first kappa shape index (κ1) is 17.6. The topological polar surface area (TPSA) is 69.4 Å². The number of ketones is 1. The fourth-order valence-corrected chi connectivity index (χ4v) is 2.42. The molecular weight excluding hydrogens is 313 g/mol. The van der Waals surface area contributed by atoms with Gasteiger partial charge in [-0.3, -0.25) is 14.9 Å². The van der Waals surface area contributed by atoms with Crippen molar-refractivity contribution in [3.05, 3.63) is 68.5 Å². The molecule has 0 aliphatic heterocycles. The van der Waals surface area contributed by atoms with Crippen LogP contribution in [0.4, 0.5) is 10.1 Å². The van der Waals surface area contributed by atoms with Gasteiger partial charge in [-0.1, -0.05) is 6.07 Å². The van der Waals surface area contributed by atoms with E-state index in [1.54, 1.807) is 6.07 Å². The summed E-state index contributed by atoms with van der Waals surface area (Å²) in [6, 6.07) is 6.58. The number of nitro groups is 1. The van der Waals surface area contributed by atoms with Crippen molar-refractivity contribution in [1.29, 1.82) is 0 Å². The van der Waals surface area contributed by atoms with E-state index in [1.165, 1.54) is 6.92 Å². The highest BCUT2D eigenvalue weighted by Gasteiger charge is 2.24. The van der Waals surface area contributed by atoms with Crippen molar-refractivity contribution < 1.29 is 18.8 Å². The summed E-state index contributed by atoms with van der Waals surface area (Å²) >= 11 is 0. The van der Waals surface area contributed by atoms with Gasteiger partial charge in [0.15, 0.2) is 6.10 Å². The van der Waals surface area contributed by atoms with Gasteiger partial charge in [-0.05, 0) is 56.5 Å². The zero-order chi connectivity index (χ0) is 18.0. The Balaban J connectivity index is 2.32. The molecule has 2 aromatic carbocycles. The molecule has 1 unspecified atom stereocenters. The molecule has 2 aromatic rings. The van der Waals surface area contributed by atoms with Gasteiger partial charge >= 0.3 is 5.69 Å². The largest absolute Gasteiger partial charge is 0.475 e. The number of benzene rings is 2. The monoisotopic (exact) mass is 331 g/mol. The van der Waals surface area contributed by atoms with Gasteiger partial charge in [-0.25, -0.2) is 4.39 Å². The minimum atomic E-state index is -0.980. The Morgan fingerprint density at radius 2 is 1.75 bits per heavy atom. The highest BCUT2D eigenvalue weighted by atomic mass is 19.1. The summed E-state index contributed by atoms with van der Waals surface area (Å²) in [5, 5.41) is 11.0. The zero-order valence-electron chi connectivity index (χ0n) is 13.9.